The quantitative estimate of drug-likeness (QED) is 0.937. The first kappa shape index (κ1) is 15.2. The highest BCUT2D eigenvalue weighted by Crippen LogP contribution is 2.28. The van der Waals surface area contributed by atoms with Crippen LogP contribution in [-0.2, 0) is 0 Å². The van der Waals surface area contributed by atoms with Crippen LogP contribution in [0.4, 0.5) is 11.4 Å². The maximum Gasteiger partial charge on any atom is 0.255 e. The zero-order valence-corrected chi connectivity index (χ0v) is 12.9. The molecule has 0 heterocycles. The summed E-state index contributed by atoms with van der Waals surface area (Å²) >= 11 is 6.00. The van der Waals surface area contributed by atoms with Crippen molar-refractivity contribution in [1.29, 1.82) is 0 Å². The molecule has 21 heavy (non-hydrogen) atoms. The molecule has 0 spiro atoms. The fraction of sp³-hybridized carbons (Fsp3) is 0.188. The van der Waals surface area contributed by atoms with Crippen molar-refractivity contribution < 1.29 is 9.53 Å². The molecular weight excluding hydrogens is 288 g/mol. The number of benzene rings is 2. The second-order valence-electron chi connectivity index (χ2n) is 4.74. The molecule has 1 N–H and O–H groups in total. The molecule has 0 saturated carbocycles. The van der Waals surface area contributed by atoms with Gasteiger partial charge in [0.1, 0.15) is 5.75 Å². The van der Waals surface area contributed by atoms with E-state index in [0.29, 0.717) is 22.0 Å². The van der Waals surface area contributed by atoms with E-state index in [2.05, 4.69) is 5.32 Å². The van der Waals surface area contributed by atoms with Crippen molar-refractivity contribution in [3.8, 4) is 5.75 Å². The molecule has 110 valence electrons. The number of methoxy groups -OCH3 is 1. The molecule has 0 radical (unpaired) electrons. The second-order valence-corrected chi connectivity index (χ2v) is 5.17. The number of hydrogen-bond acceptors (Lipinski definition) is 3. The molecule has 1 amide bonds. The lowest BCUT2D eigenvalue weighted by atomic mass is 10.2. The molecule has 0 fully saturated rings. The molecule has 0 aliphatic rings. The number of carbonyl (C=O) groups is 1. The van der Waals surface area contributed by atoms with Crippen molar-refractivity contribution in [3.63, 3.8) is 0 Å². The molecule has 2 rings (SSSR count). The van der Waals surface area contributed by atoms with Crippen LogP contribution < -0.4 is 15.0 Å². The first-order valence-electron chi connectivity index (χ1n) is 6.43. The van der Waals surface area contributed by atoms with Gasteiger partial charge in [0.15, 0.2) is 0 Å². The van der Waals surface area contributed by atoms with Gasteiger partial charge in [0.2, 0.25) is 0 Å². The Bertz CT molecular complexity index is 639. The maximum absolute atomic E-state index is 12.3. The van der Waals surface area contributed by atoms with Crippen LogP contribution in [0.3, 0.4) is 0 Å². The minimum Gasteiger partial charge on any atom is -0.497 e. The summed E-state index contributed by atoms with van der Waals surface area (Å²) in [5, 5.41) is 3.46. The smallest absolute Gasteiger partial charge is 0.255 e. The topological polar surface area (TPSA) is 41.6 Å². The Labute approximate surface area is 129 Å². The van der Waals surface area contributed by atoms with Crippen molar-refractivity contribution in [2.45, 2.75) is 0 Å². The fourth-order valence-corrected chi connectivity index (χ4v) is 2.11. The summed E-state index contributed by atoms with van der Waals surface area (Å²) in [6, 6.07) is 12.3. The Morgan fingerprint density at radius 2 is 1.81 bits per heavy atom. The van der Waals surface area contributed by atoms with Crippen LogP contribution in [0.5, 0.6) is 5.75 Å². The summed E-state index contributed by atoms with van der Waals surface area (Å²) in [6.07, 6.45) is 0. The molecule has 0 atom stereocenters. The van der Waals surface area contributed by atoms with Crippen molar-refractivity contribution in [1.82, 2.24) is 0 Å². The highest BCUT2D eigenvalue weighted by molar-refractivity contribution is 6.31. The van der Waals surface area contributed by atoms with E-state index in [4.69, 9.17) is 16.3 Å². The second kappa shape index (κ2) is 6.50. The van der Waals surface area contributed by atoms with Crippen LogP contribution in [0, 0.1) is 0 Å². The first-order chi connectivity index (χ1) is 10.0. The Balaban J connectivity index is 2.24. The van der Waals surface area contributed by atoms with Gasteiger partial charge in [-0.25, -0.2) is 0 Å². The van der Waals surface area contributed by atoms with E-state index in [9.17, 15) is 4.79 Å². The summed E-state index contributed by atoms with van der Waals surface area (Å²) in [5.41, 5.74) is 2.12. The average molecular weight is 305 g/mol. The Morgan fingerprint density at radius 1 is 1.14 bits per heavy atom. The van der Waals surface area contributed by atoms with Crippen LogP contribution in [0.25, 0.3) is 0 Å². The van der Waals surface area contributed by atoms with E-state index in [-0.39, 0.29) is 5.91 Å². The largest absolute Gasteiger partial charge is 0.497 e. The molecule has 2 aromatic carbocycles. The molecular formula is C16H17ClN2O2. The third-order valence-electron chi connectivity index (χ3n) is 3.04. The van der Waals surface area contributed by atoms with Crippen molar-refractivity contribution in [3.05, 3.63) is 53.1 Å². The molecule has 0 unspecified atom stereocenters. The summed E-state index contributed by atoms with van der Waals surface area (Å²) in [6.45, 7) is 0. The zero-order chi connectivity index (χ0) is 15.4. The maximum atomic E-state index is 12.3. The zero-order valence-electron chi connectivity index (χ0n) is 12.2. The fourth-order valence-electron chi connectivity index (χ4n) is 1.94. The molecule has 0 aliphatic carbocycles. The van der Waals surface area contributed by atoms with Gasteiger partial charge in [0.05, 0.1) is 18.5 Å². The number of halogens is 1. The average Bonchev–Trinajstić information content (AvgIpc) is 2.47. The summed E-state index contributed by atoms with van der Waals surface area (Å²) in [7, 11) is 5.41. The number of nitrogens with zero attached hydrogens (tertiary/aromatic N) is 1. The molecule has 0 saturated heterocycles. The minimum absolute atomic E-state index is 0.192. The van der Waals surface area contributed by atoms with E-state index in [1.807, 2.05) is 25.1 Å². The van der Waals surface area contributed by atoms with Gasteiger partial charge >= 0.3 is 0 Å². The molecule has 0 bridgehead atoms. The van der Waals surface area contributed by atoms with E-state index in [0.717, 1.165) is 5.69 Å². The van der Waals surface area contributed by atoms with Crippen molar-refractivity contribution in [2.24, 2.45) is 0 Å². The third-order valence-corrected chi connectivity index (χ3v) is 3.28. The van der Waals surface area contributed by atoms with Crippen molar-refractivity contribution in [2.75, 3.05) is 31.4 Å². The predicted molar refractivity (Wildman–Crippen MR) is 86.7 cm³/mol. The highest BCUT2D eigenvalue weighted by atomic mass is 35.5. The van der Waals surface area contributed by atoms with Crippen LogP contribution in [-0.4, -0.2) is 27.1 Å². The van der Waals surface area contributed by atoms with Gasteiger partial charge in [-0.15, -0.1) is 0 Å². The van der Waals surface area contributed by atoms with Gasteiger partial charge < -0.3 is 15.0 Å². The predicted octanol–water partition coefficient (Wildman–Crippen LogP) is 3.67. The van der Waals surface area contributed by atoms with E-state index in [1.54, 1.807) is 43.5 Å². The monoisotopic (exact) mass is 304 g/mol. The molecule has 2 aromatic rings. The number of carbonyl (C=O) groups excluding carboxylic acids is 1. The van der Waals surface area contributed by atoms with Gasteiger partial charge in [-0.1, -0.05) is 11.6 Å². The standard InChI is InChI=1S/C16H17ClN2O2/c1-19(2)15-9-6-12(17)10-14(15)18-16(20)11-4-7-13(21-3)8-5-11/h4-10H,1-3H3,(H,18,20). The van der Waals surface area contributed by atoms with Crippen LogP contribution in [0.15, 0.2) is 42.5 Å². The number of hydrogen-bond donors (Lipinski definition) is 1. The SMILES string of the molecule is COc1ccc(C(=O)Nc2cc(Cl)ccc2N(C)C)cc1. The number of ether oxygens (including phenoxy) is 1. The molecule has 0 aromatic heterocycles. The van der Waals surface area contributed by atoms with E-state index >= 15 is 0 Å². The van der Waals surface area contributed by atoms with Crippen LogP contribution >= 0.6 is 11.6 Å². The minimum atomic E-state index is -0.192. The lowest BCUT2D eigenvalue weighted by Crippen LogP contribution is -2.16. The van der Waals surface area contributed by atoms with Crippen molar-refractivity contribution >= 4 is 28.9 Å². The molecule has 4 nitrogen and oxygen atoms in total. The molecule has 0 aliphatic heterocycles. The Kier molecular flexibility index (Phi) is 4.70. The van der Waals surface area contributed by atoms with Gasteiger partial charge in [-0.05, 0) is 42.5 Å². The van der Waals surface area contributed by atoms with Gasteiger partial charge in [-0.3, -0.25) is 4.79 Å². The van der Waals surface area contributed by atoms with Gasteiger partial charge in [-0.2, -0.15) is 0 Å². The number of anilines is 2. The number of nitrogens with one attached hydrogen (secondary N) is 1. The van der Waals surface area contributed by atoms with E-state index < -0.39 is 0 Å². The molecule has 5 heteroatoms. The number of rotatable bonds is 4. The number of amides is 1. The first-order valence-corrected chi connectivity index (χ1v) is 6.81. The highest BCUT2D eigenvalue weighted by Gasteiger charge is 2.11. The summed E-state index contributed by atoms with van der Waals surface area (Å²) in [5.74, 6) is 0.520. The van der Waals surface area contributed by atoms with Gasteiger partial charge in [0, 0.05) is 24.7 Å². The third kappa shape index (κ3) is 3.67. The van der Waals surface area contributed by atoms with Crippen LogP contribution in [0.1, 0.15) is 10.4 Å². The van der Waals surface area contributed by atoms with Crippen LogP contribution in [0.2, 0.25) is 5.02 Å². The summed E-state index contributed by atoms with van der Waals surface area (Å²) < 4.78 is 5.08. The lowest BCUT2D eigenvalue weighted by Gasteiger charge is -2.18. The Morgan fingerprint density at radius 3 is 2.38 bits per heavy atom. The lowest BCUT2D eigenvalue weighted by molar-refractivity contribution is 0.102. The normalized spacial score (nSPS) is 10.1. The van der Waals surface area contributed by atoms with E-state index in [1.165, 1.54) is 0 Å². The summed E-state index contributed by atoms with van der Waals surface area (Å²) in [4.78, 5) is 14.2. The Hall–Kier alpha value is -2.20. The van der Waals surface area contributed by atoms with Gasteiger partial charge in [0.25, 0.3) is 5.91 Å².